The van der Waals surface area contributed by atoms with E-state index >= 15 is 0 Å². The molecule has 2 spiro atoms. The van der Waals surface area contributed by atoms with Crippen LogP contribution in [0, 0.1) is 10.8 Å². The van der Waals surface area contributed by atoms with Gasteiger partial charge in [0.2, 0.25) is 23.6 Å². The second kappa shape index (κ2) is 22.4. The van der Waals surface area contributed by atoms with Crippen LogP contribution in [0.2, 0.25) is 0 Å². The molecule has 10 rings (SSSR count). The zero-order chi connectivity index (χ0) is 54.5. The van der Waals surface area contributed by atoms with Crippen molar-refractivity contribution in [2.75, 3.05) is 63.0 Å². The molecule has 8 heterocycles. The number of nitrogens with zero attached hydrogens (tertiary/aromatic N) is 6. The first-order valence-electron chi connectivity index (χ1n) is 26.1. The van der Waals surface area contributed by atoms with Gasteiger partial charge in [-0.2, -0.15) is 13.2 Å². The van der Waals surface area contributed by atoms with Gasteiger partial charge in [0.05, 0.1) is 10.8 Å². The highest BCUT2D eigenvalue weighted by molar-refractivity contribution is 5.99. The van der Waals surface area contributed by atoms with Crippen LogP contribution in [-0.4, -0.2) is 129 Å². The average Bonchev–Trinajstić information content (AvgIpc) is 3.43. The molecule has 15 nitrogen and oxygen atoms in total. The third kappa shape index (κ3) is 12.7. The Morgan fingerprint density at radius 2 is 1.01 bits per heavy atom. The molecule has 4 aromatic rings. The smallest absolute Gasteiger partial charge is 0.444 e. The van der Waals surface area contributed by atoms with E-state index in [4.69, 9.17) is 4.74 Å². The lowest BCUT2D eigenvalue weighted by Gasteiger charge is -2.43. The summed E-state index contributed by atoms with van der Waals surface area (Å²) >= 11 is 0. The van der Waals surface area contributed by atoms with Gasteiger partial charge in [0, 0.05) is 76.9 Å². The fraction of sp³-hybridized carbons (Fsp3) is 0.390. The highest BCUT2D eigenvalue weighted by Gasteiger charge is 2.50. The highest BCUT2D eigenvalue weighted by Crippen LogP contribution is 2.43. The van der Waals surface area contributed by atoms with Crippen molar-refractivity contribution in [3.8, 4) is 0 Å². The molecule has 77 heavy (non-hydrogen) atoms. The van der Waals surface area contributed by atoms with Crippen LogP contribution < -0.4 is 10.6 Å². The van der Waals surface area contributed by atoms with Crippen molar-refractivity contribution < 1.29 is 46.7 Å². The van der Waals surface area contributed by atoms with Crippen molar-refractivity contribution >= 4 is 70.6 Å². The van der Waals surface area contributed by atoms with Gasteiger partial charge in [0.25, 0.3) is 0 Å². The molecule has 402 valence electrons. The topological polar surface area (TPSA) is 174 Å². The SMILES string of the molecule is CC(C)(C)OC(=O)N1CCC2(CC1)Cc1cc(/C=C/C(=O)N3CC=C(c4ccccc4)CC3)cnc1NC2=O.O=C(/C=C/c1cnc2c(c1)CC1(CCN(C(=O)C(F)(F)F)CC1)C(=O)N2)N1CC=C(c2ccccc2)CC1. The van der Waals surface area contributed by atoms with Crippen molar-refractivity contribution in [1.29, 1.82) is 0 Å². The van der Waals surface area contributed by atoms with Gasteiger partial charge in [0.15, 0.2) is 0 Å². The number of amides is 6. The largest absolute Gasteiger partial charge is 0.471 e. The second-order valence-electron chi connectivity index (χ2n) is 21.6. The van der Waals surface area contributed by atoms with E-state index in [1.807, 2.05) is 74.2 Å². The van der Waals surface area contributed by atoms with Crippen molar-refractivity contribution in [2.24, 2.45) is 10.8 Å². The molecule has 0 saturated carbocycles. The number of piperidine rings is 2. The first kappa shape index (κ1) is 53.9. The molecule has 2 fully saturated rings. The minimum absolute atomic E-state index is 0.0321. The molecule has 0 radical (unpaired) electrons. The Bertz CT molecular complexity index is 3040. The van der Waals surface area contributed by atoms with E-state index < -0.39 is 28.5 Å². The van der Waals surface area contributed by atoms with Gasteiger partial charge in [-0.3, -0.25) is 24.0 Å². The molecule has 6 aliphatic heterocycles. The summed E-state index contributed by atoms with van der Waals surface area (Å²) in [5.41, 5.74) is 6.04. The molecule has 0 aliphatic carbocycles. The lowest BCUT2D eigenvalue weighted by Crippen LogP contribution is -2.53. The van der Waals surface area contributed by atoms with E-state index in [9.17, 15) is 41.9 Å². The van der Waals surface area contributed by atoms with E-state index in [2.05, 4.69) is 57.0 Å². The van der Waals surface area contributed by atoms with E-state index in [0.29, 0.717) is 82.2 Å². The molecule has 6 amide bonds. The lowest BCUT2D eigenvalue weighted by atomic mass is 9.71. The number of pyridine rings is 2. The van der Waals surface area contributed by atoms with Crippen molar-refractivity contribution in [2.45, 2.75) is 83.9 Å². The van der Waals surface area contributed by atoms with Crippen LogP contribution in [0.5, 0.6) is 0 Å². The zero-order valence-corrected chi connectivity index (χ0v) is 43.5. The van der Waals surface area contributed by atoms with E-state index in [-0.39, 0.29) is 55.7 Å². The number of anilines is 2. The predicted octanol–water partition coefficient (Wildman–Crippen LogP) is 9.00. The standard InChI is InChI=1S/C31H36N4O4.C28H27F3N4O3/c1-30(2,3)39-29(38)35-17-13-31(14-18-35)20-25-19-22(21-32-27(25)33-28(31)37)9-10-26(36)34-15-11-24(12-16-34)23-7-5-4-6-8-23;29-28(30,31)26(38)35-14-10-27(11-15-35)17-22-16-19(18-32-24(22)33-25(27)37)6-7-23(36)34-12-8-21(9-13-34)20-4-2-1-3-5-20/h4-11,19,21H,12-18,20H2,1-3H3,(H,32,33,37);1-8,16,18H,9-15,17H2,(H,32,33,37)/b10-9+;7-6+. The monoisotopic (exact) mass is 1050 g/mol. The third-order valence-electron chi connectivity index (χ3n) is 15.3. The van der Waals surface area contributed by atoms with Crippen LogP contribution in [-0.2, 0) is 41.6 Å². The number of carbonyl (C=O) groups is 6. The minimum atomic E-state index is -4.93. The van der Waals surface area contributed by atoms with E-state index in [1.165, 1.54) is 22.8 Å². The van der Waals surface area contributed by atoms with E-state index in [0.717, 1.165) is 40.0 Å². The number of nitrogens with one attached hydrogen (secondary N) is 2. The second-order valence-corrected chi connectivity index (χ2v) is 21.6. The van der Waals surface area contributed by atoms with Crippen LogP contribution in [0.1, 0.15) is 92.7 Å². The molecule has 2 aromatic carbocycles. The van der Waals surface area contributed by atoms with Gasteiger partial charge in [-0.05, 0) is 141 Å². The molecule has 2 saturated heterocycles. The molecule has 2 N–H and O–H groups in total. The fourth-order valence-corrected chi connectivity index (χ4v) is 10.8. The van der Waals surface area contributed by atoms with Crippen molar-refractivity contribution in [1.82, 2.24) is 29.6 Å². The number of halogens is 3. The molecule has 0 bridgehead atoms. The molecular weight excluding hydrogens is 990 g/mol. The van der Waals surface area contributed by atoms with Gasteiger partial charge in [0.1, 0.15) is 17.2 Å². The van der Waals surface area contributed by atoms with Gasteiger partial charge < -0.3 is 35.0 Å². The summed E-state index contributed by atoms with van der Waals surface area (Å²) in [6.07, 6.45) is 12.6. The Morgan fingerprint density at radius 1 is 0.597 bits per heavy atom. The molecule has 2 aromatic heterocycles. The Hall–Kier alpha value is -7.89. The summed E-state index contributed by atoms with van der Waals surface area (Å²) in [6.45, 7) is 8.61. The summed E-state index contributed by atoms with van der Waals surface area (Å²) in [5.74, 6) is -1.37. The summed E-state index contributed by atoms with van der Waals surface area (Å²) in [6, 6.07) is 24.2. The zero-order valence-electron chi connectivity index (χ0n) is 43.5. The molecule has 0 atom stereocenters. The van der Waals surface area contributed by atoms with Gasteiger partial charge >= 0.3 is 18.2 Å². The number of aromatic nitrogens is 2. The number of rotatable bonds is 6. The highest BCUT2D eigenvalue weighted by atomic mass is 19.4. The Kier molecular flexibility index (Phi) is 15.7. The summed E-state index contributed by atoms with van der Waals surface area (Å²) in [4.78, 5) is 90.4. The normalized spacial score (nSPS) is 19.1. The maximum Gasteiger partial charge on any atom is 0.471 e. The molecule has 18 heteroatoms. The Labute approximate surface area is 445 Å². The third-order valence-corrected chi connectivity index (χ3v) is 15.3. The Morgan fingerprint density at radius 3 is 1.39 bits per heavy atom. The van der Waals surface area contributed by atoms with Crippen LogP contribution in [0.25, 0.3) is 23.3 Å². The number of hydrogen-bond acceptors (Lipinski definition) is 9. The quantitative estimate of drug-likeness (QED) is 0.179. The number of benzene rings is 2. The number of fused-ring (bicyclic) bond motifs is 2. The first-order valence-corrected chi connectivity index (χ1v) is 26.1. The number of ether oxygens (including phenoxy) is 1. The van der Waals surface area contributed by atoms with Crippen molar-refractivity contribution in [3.63, 3.8) is 0 Å². The van der Waals surface area contributed by atoms with Crippen LogP contribution in [0.3, 0.4) is 0 Å². The van der Waals surface area contributed by atoms with Gasteiger partial charge in [-0.25, -0.2) is 14.8 Å². The maximum atomic E-state index is 13.1. The summed E-state index contributed by atoms with van der Waals surface area (Å²) in [5, 5.41) is 5.75. The number of hydrogen-bond donors (Lipinski definition) is 2. The van der Waals surface area contributed by atoms with Crippen molar-refractivity contribution in [3.05, 3.63) is 143 Å². The first-order chi connectivity index (χ1) is 36.8. The average molecular weight is 1050 g/mol. The number of likely N-dealkylation sites (tertiary alicyclic amines) is 2. The fourth-order valence-electron chi connectivity index (χ4n) is 10.8. The Balaban J connectivity index is 0.000000188. The van der Waals surface area contributed by atoms with Crippen LogP contribution in [0.4, 0.5) is 29.6 Å². The minimum Gasteiger partial charge on any atom is -0.444 e. The number of alkyl halides is 3. The summed E-state index contributed by atoms with van der Waals surface area (Å²) < 4.78 is 43.9. The maximum absolute atomic E-state index is 13.1. The van der Waals surface area contributed by atoms with Crippen LogP contribution >= 0.6 is 0 Å². The van der Waals surface area contributed by atoms with Gasteiger partial charge in [-0.1, -0.05) is 72.8 Å². The molecular formula is C59H63F3N8O7. The molecule has 6 aliphatic rings. The number of carbonyl (C=O) groups excluding carboxylic acids is 6. The lowest BCUT2D eigenvalue weighted by molar-refractivity contribution is -0.187. The summed E-state index contributed by atoms with van der Waals surface area (Å²) in [7, 11) is 0. The van der Waals surface area contributed by atoms with E-state index in [1.54, 1.807) is 40.4 Å². The van der Waals surface area contributed by atoms with Gasteiger partial charge in [-0.15, -0.1) is 0 Å². The van der Waals surface area contributed by atoms with Crippen LogP contribution in [0.15, 0.2) is 109 Å². The predicted molar refractivity (Wildman–Crippen MR) is 286 cm³/mol. The molecule has 0 unspecified atom stereocenters.